The van der Waals surface area contributed by atoms with Gasteiger partial charge in [-0.1, -0.05) is 19.1 Å². The number of carbonyl (C=O) groups is 2. The topological polar surface area (TPSA) is 102 Å². The molecule has 3 aromatic rings. The minimum Gasteiger partial charge on any atom is -0.310 e. The summed E-state index contributed by atoms with van der Waals surface area (Å²) in [6.45, 7) is 3.46. The van der Waals surface area contributed by atoms with E-state index in [0.717, 1.165) is 11.6 Å². The average molecular weight is 517 g/mol. The highest BCUT2D eigenvalue weighted by atomic mass is 32.2. The van der Waals surface area contributed by atoms with Crippen molar-refractivity contribution in [3.8, 4) is 0 Å². The molecule has 1 amide bonds. The second kappa shape index (κ2) is 9.88. The van der Waals surface area contributed by atoms with Gasteiger partial charge < -0.3 is 5.32 Å². The second-order valence-corrected chi connectivity index (χ2v) is 10.4. The van der Waals surface area contributed by atoms with Gasteiger partial charge in [-0.05, 0) is 61.7 Å². The molecule has 0 bridgehead atoms. The van der Waals surface area contributed by atoms with Crippen molar-refractivity contribution in [2.75, 3.05) is 11.1 Å². The number of hydrogen-bond donors (Lipinski definition) is 1. The lowest BCUT2D eigenvalue weighted by atomic mass is 9.71. The van der Waals surface area contributed by atoms with E-state index in [2.05, 4.69) is 20.5 Å². The summed E-state index contributed by atoms with van der Waals surface area (Å²) < 4.78 is 50.3. The monoisotopic (exact) mass is 516 g/mol. The lowest BCUT2D eigenvalue weighted by molar-refractivity contribution is -0.141. The fraction of sp³-hybridized carbons (Fsp3) is 0.320. The van der Waals surface area contributed by atoms with Crippen molar-refractivity contribution < 1.29 is 27.0 Å². The van der Waals surface area contributed by atoms with Crippen molar-refractivity contribution in [3.05, 3.63) is 76.7 Å². The molecule has 2 unspecified atom stereocenters. The van der Waals surface area contributed by atoms with Crippen LogP contribution in [0, 0.1) is 0 Å². The summed E-state index contributed by atoms with van der Waals surface area (Å²) in [5.74, 6) is 0.211. The number of aromatic nitrogens is 3. The van der Waals surface area contributed by atoms with E-state index in [-0.39, 0.29) is 30.2 Å². The number of fused-ring (bicyclic) bond motifs is 1. The average Bonchev–Trinajstić information content (AvgIpc) is 2.86. The zero-order chi connectivity index (χ0) is 26.1. The molecule has 1 aliphatic carbocycles. The summed E-state index contributed by atoms with van der Waals surface area (Å²) >= 11 is 0. The van der Waals surface area contributed by atoms with E-state index in [1.165, 1.54) is 12.1 Å². The number of nitrogens with one attached hydrogen (secondary N) is 1. The van der Waals surface area contributed by atoms with Crippen molar-refractivity contribution >= 4 is 28.3 Å². The first-order valence-electron chi connectivity index (χ1n) is 11.2. The van der Waals surface area contributed by atoms with Gasteiger partial charge in [0.25, 0.3) is 0 Å². The van der Waals surface area contributed by atoms with E-state index in [1.54, 1.807) is 37.3 Å². The minimum absolute atomic E-state index is 0.0986. The number of alkyl halides is 3. The quantitative estimate of drug-likeness (QED) is 0.525. The van der Waals surface area contributed by atoms with Crippen molar-refractivity contribution in [2.24, 2.45) is 0 Å². The molecule has 7 nitrogen and oxygen atoms in total. The second-order valence-electron chi connectivity index (χ2n) is 8.66. The Kier molecular flexibility index (Phi) is 7.03. The van der Waals surface area contributed by atoms with Gasteiger partial charge in [0, 0.05) is 16.2 Å². The van der Waals surface area contributed by atoms with Crippen LogP contribution in [0.1, 0.15) is 53.3 Å². The van der Waals surface area contributed by atoms with Crippen LogP contribution in [0.5, 0.6) is 0 Å². The number of amides is 1. The van der Waals surface area contributed by atoms with E-state index in [9.17, 15) is 27.0 Å². The van der Waals surface area contributed by atoms with E-state index in [4.69, 9.17) is 0 Å². The molecule has 1 aromatic carbocycles. The Bertz CT molecular complexity index is 1330. The van der Waals surface area contributed by atoms with Gasteiger partial charge in [0.2, 0.25) is 5.91 Å². The zero-order valence-corrected chi connectivity index (χ0v) is 20.4. The van der Waals surface area contributed by atoms with Crippen LogP contribution < -0.4 is 5.32 Å². The highest BCUT2D eigenvalue weighted by Gasteiger charge is 2.43. The molecule has 188 valence electrons. The summed E-state index contributed by atoms with van der Waals surface area (Å²) in [4.78, 5) is 30.9. The molecular weight excluding hydrogens is 493 g/mol. The number of aryl methyl sites for hydroxylation is 1. The summed E-state index contributed by atoms with van der Waals surface area (Å²) in [6.07, 6.45) is -3.85. The van der Waals surface area contributed by atoms with Gasteiger partial charge in [-0.15, -0.1) is 5.10 Å². The van der Waals surface area contributed by atoms with Crippen LogP contribution in [0.25, 0.3) is 0 Å². The van der Waals surface area contributed by atoms with Gasteiger partial charge in [-0.2, -0.15) is 18.3 Å². The Labute approximate surface area is 208 Å². The van der Waals surface area contributed by atoms with Gasteiger partial charge in [0.1, 0.15) is 5.82 Å². The largest absolute Gasteiger partial charge is 0.435 e. The first kappa shape index (κ1) is 25.6. The van der Waals surface area contributed by atoms with E-state index >= 15 is 0 Å². The number of carbonyl (C=O) groups excluding carboxylic acids is 2. The molecule has 2 atom stereocenters. The number of hydrogen-bond acceptors (Lipinski definition) is 6. The number of halogens is 3. The van der Waals surface area contributed by atoms with Gasteiger partial charge >= 0.3 is 6.18 Å². The Morgan fingerprint density at radius 2 is 1.81 bits per heavy atom. The molecule has 0 saturated heterocycles. The Balaban J connectivity index is 1.46. The van der Waals surface area contributed by atoms with Crippen LogP contribution in [0.2, 0.25) is 0 Å². The van der Waals surface area contributed by atoms with Crippen LogP contribution in [0.15, 0.2) is 53.4 Å². The first-order valence-corrected chi connectivity index (χ1v) is 12.6. The Morgan fingerprint density at radius 1 is 1.08 bits per heavy atom. The fourth-order valence-corrected chi connectivity index (χ4v) is 4.84. The minimum atomic E-state index is -4.61. The van der Waals surface area contributed by atoms with Gasteiger partial charge in [0.05, 0.1) is 34.0 Å². The maximum atomic E-state index is 13.3. The molecule has 2 aromatic heterocycles. The first-order chi connectivity index (χ1) is 17.0. The summed E-state index contributed by atoms with van der Waals surface area (Å²) in [5.41, 5.74) is -0.496. The maximum Gasteiger partial charge on any atom is 0.435 e. The molecule has 2 heterocycles. The molecule has 0 spiro atoms. The molecular formula is C25H23F3N4O3S. The van der Waals surface area contributed by atoms with E-state index < -0.39 is 28.1 Å². The lowest BCUT2D eigenvalue weighted by Crippen LogP contribution is -2.39. The summed E-state index contributed by atoms with van der Waals surface area (Å²) in [6, 6.07) is 12.1. The lowest BCUT2D eigenvalue weighted by Gasteiger charge is -2.32. The molecule has 4 rings (SSSR count). The molecule has 0 saturated carbocycles. The third kappa shape index (κ3) is 5.20. The standard InChI is InChI=1S/C25H23F3N4O3S/c1-3-36(35)16-6-4-15(5-7-16)14-22(33)30-21-11-8-17-18(29-21)12-13-24(2,23(17)34)19-9-10-20(32-31-19)25(26,27)28/h4-11H,3,12-14H2,1-2H3,(H,29,30,33). The van der Waals surface area contributed by atoms with Crippen molar-refractivity contribution in [1.82, 2.24) is 15.2 Å². The van der Waals surface area contributed by atoms with Crippen LogP contribution >= 0.6 is 0 Å². The smallest absolute Gasteiger partial charge is 0.310 e. The highest BCUT2D eigenvalue weighted by molar-refractivity contribution is 7.85. The number of Topliss-reactive ketones (excluding diaryl/α,β-unsaturated/α-hetero) is 1. The Morgan fingerprint density at radius 3 is 2.42 bits per heavy atom. The summed E-state index contributed by atoms with van der Waals surface area (Å²) in [7, 11) is -1.06. The molecule has 11 heteroatoms. The SMILES string of the molecule is CCS(=O)c1ccc(CC(=O)Nc2ccc3c(n2)CCC(C)(c2ccc(C(F)(F)F)nn2)C3=O)cc1. The van der Waals surface area contributed by atoms with Crippen molar-refractivity contribution in [1.29, 1.82) is 0 Å². The fourth-order valence-electron chi connectivity index (χ4n) is 4.07. The molecule has 1 N–H and O–H groups in total. The van der Waals surface area contributed by atoms with Crippen LogP contribution in [0.3, 0.4) is 0 Å². The molecule has 0 aliphatic heterocycles. The predicted molar refractivity (Wildman–Crippen MR) is 127 cm³/mol. The Hall–Kier alpha value is -3.47. The third-order valence-corrected chi connectivity index (χ3v) is 7.50. The third-order valence-electron chi connectivity index (χ3n) is 6.18. The molecule has 36 heavy (non-hydrogen) atoms. The molecule has 0 radical (unpaired) electrons. The number of benzene rings is 1. The number of pyridine rings is 1. The zero-order valence-electron chi connectivity index (χ0n) is 19.6. The maximum absolute atomic E-state index is 13.3. The van der Waals surface area contributed by atoms with Crippen molar-refractivity contribution in [3.63, 3.8) is 0 Å². The highest BCUT2D eigenvalue weighted by Crippen LogP contribution is 2.38. The number of ketones is 1. The number of rotatable bonds is 6. The summed E-state index contributed by atoms with van der Waals surface area (Å²) in [5, 5.41) is 9.68. The predicted octanol–water partition coefficient (Wildman–Crippen LogP) is 4.29. The van der Waals surface area contributed by atoms with Crippen LogP contribution in [-0.2, 0) is 40.0 Å². The van der Waals surface area contributed by atoms with Gasteiger partial charge in [0.15, 0.2) is 11.5 Å². The van der Waals surface area contributed by atoms with E-state index in [0.29, 0.717) is 34.1 Å². The number of nitrogens with zero attached hydrogens (tertiary/aromatic N) is 3. The van der Waals surface area contributed by atoms with Gasteiger partial charge in [-0.3, -0.25) is 13.8 Å². The van der Waals surface area contributed by atoms with Crippen molar-refractivity contribution in [2.45, 2.75) is 49.6 Å². The normalized spacial score (nSPS) is 18.4. The van der Waals surface area contributed by atoms with Crippen LogP contribution in [0.4, 0.5) is 19.0 Å². The number of anilines is 1. The van der Waals surface area contributed by atoms with Gasteiger partial charge in [-0.25, -0.2) is 4.98 Å². The van der Waals surface area contributed by atoms with Crippen LogP contribution in [-0.4, -0.2) is 36.8 Å². The molecule has 0 fully saturated rings. The van der Waals surface area contributed by atoms with E-state index in [1.807, 2.05) is 6.92 Å². The molecule has 1 aliphatic rings.